The van der Waals surface area contributed by atoms with E-state index in [0.29, 0.717) is 12.2 Å². The molecule has 5 heteroatoms. The van der Waals surface area contributed by atoms with Crippen LogP contribution < -0.4 is 0 Å². The van der Waals surface area contributed by atoms with Gasteiger partial charge in [0.2, 0.25) is 0 Å². The van der Waals surface area contributed by atoms with Crippen molar-refractivity contribution in [3.63, 3.8) is 0 Å². The van der Waals surface area contributed by atoms with Gasteiger partial charge in [0.1, 0.15) is 5.82 Å². The first kappa shape index (κ1) is 19.7. The predicted octanol–water partition coefficient (Wildman–Crippen LogP) is 6.19. The van der Waals surface area contributed by atoms with E-state index in [2.05, 4.69) is 19.1 Å². The molecule has 1 aromatic heterocycles. The Kier molecular flexibility index (Phi) is 6.72. The largest absolute Gasteiger partial charge is 0.306 e. The molecule has 2 aromatic carbocycles. The minimum absolute atomic E-state index is 0.247. The summed E-state index contributed by atoms with van der Waals surface area (Å²) >= 11 is -0.0293. The average Bonchev–Trinajstić information content (AvgIpc) is 3.07. The van der Waals surface area contributed by atoms with Crippen molar-refractivity contribution in [2.45, 2.75) is 19.8 Å². The number of aryl methyl sites for hydroxylation is 2. The molecule has 0 radical (unpaired) electrons. The van der Waals surface area contributed by atoms with Crippen LogP contribution in [-0.4, -0.2) is 14.5 Å². The smallest absolute Gasteiger partial charge is 0.152 e. The second kappa shape index (κ2) is 9.22. The highest BCUT2D eigenvalue weighted by atomic mass is 32.2. The molecular weight excluding hydrogens is 379 g/mol. The van der Waals surface area contributed by atoms with Crippen LogP contribution in [0.3, 0.4) is 0 Å². The maximum absolute atomic E-state index is 13.8. The van der Waals surface area contributed by atoms with E-state index < -0.39 is 11.1 Å². The lowest BCUT2D eigenvalue weighted by Crippen LogP contribution is -1.96. The monoisotopic (exact) mass is 400 g/mol. The van der Waals surface area contributed by atoms with E-state index in [0.717, 1.165) is 33.6 Å². The molecule has 0 saturated carbocycles. The van der Waals surface area contributed by atoms with Crippen molar-refractivity contribution in [3.8, 4) is 10.4 Å². The second-order valence-electron chi connectivity index (χ2n) is 6.35. The maximum Gasteiger partial charge on any atom is 0.152 e. The first-order valence-electron chi connectivity index (χ1n) is 8.72. The maximum atomic E-state index is 13.8. The molecule has 0 aliphatic heterocycles. The van der Waals surface area contributed by atoms with Crippen LogP contribution >= 0.6 is 11.3 Å². The third-order valence-electron chi connectivity index (χ3n) is 4.24. The zero-order valence-electron chi connectivity index (χ0n) is 15.0. The Balaban J connectivity index is 1.76. The summed E-state index contributed by atoms with van der Waals surface area (Å²) in [6.07, 6.45) is 5.38. The van der Waals surface area contributed by atoms with Crippen LogP contribution in [0.5, 0.6) is 0 Å². The van der Waals surface area contributed by atoms with E-state index in [1.807, 2.05) is 42.5 Å². The first-order valence-corrected chi connectivity index (χ1v) is 10.8. The molecule has 0 saturated heterocycles. The Morgan fingerprint density at radius 2 is 1.85 bits per heavy atom. The Labute approximate surface area is 165 Å². The van der Waals surface area contributed by atoms with Crippen LogP contribution in [0.1, 0.15) is 28.0 Å². The molecule has 27 heavy (non-hydrogen) atoms. The summed E-state index contributed by atoms with van der Waals surface area (Å²) in [5, 5.41) is 0. The van der Waals surface area contributed by atoms with Gasteiger partial charge >= 0.3 is 0 Å². The van der Waals surface area contributed by atoms with Crippen LogP contribution in [0.2, 0.25) is 0 Å². The Morgan fingerprint density at radius 1 is 1.07 bits per heavy atom. The lowest BCUT2D eigenvalue weighted by Gasteiger charge is -2.05. The van der Waals surface area contributed by atoms with Gasteiger partial charge in [-0.3, -0.25) is 0 Å². The Bertz CT molecular complexity index is 959. The van der Waals surface area contributed by atoms with Crippen molar-refractivity contribution < 1.29 is 13.2 Å². The van der Waals surface area contributed by atoms with E-state index in [1.165, 1.54) is 10.9 Å². The number of halogens is 1. The molecule has 0 aliphatic rings. The molecule has 1 N–H and O–H groups in total. The molecule has 0 fully saturated rings. The second-order valence-corrected chi connectivity index (χ2v) is 8.69. The highest BCUT2D eigenvalue weighted by Crippen LogP contribution is 2.32. The van der Waals surface area contributed by atoms with Crippen LogP contribution in [0, 0.1) is 12.7 Å². The summed E-state index contributed by atoms with van der Waals surface area (Å²) in [4.78, 5) is 2.36. The fourth-order valence-corrected chi connectivity index (χ4v) is 4.16. The van der Waals surface area contributed by atoms with Gasteiger partial charge in [0.25, 0.3) is 0 Å². The minimum Gasteiger partial charge on any atom is -0.306 e. The zero-order valence-corrected chi connectivity index (χ0v) is 16.7. The van der Waals surface area contributed by atoms with E-state index in [4.69, 9.17) is 4.55 Å². The summed E-state index contributed by atoms with van der Waals surface area (Å²) in [7, 11) is 0. The van der Waals surface area contributed by atoms with Crippen LogP contribution in [0.4, 0.5) is 4.39 Å². The average molecular weight is 401 g/mol. The number of thiophene rings is 1. The molecule has 3 aromatic rings. The van der Waals surface area contributed by atoms with Gasteiger partial charge in [0.15, 0.2) is 11.1 Å². The molecule has 0 spiro atoms. The molecule has 1 atom stereocenters. The van der Waals surface area contributed by atoms with Gasteiger partial charge < -0.3 is 4.55 Å². The Morgan fingerprint density at radius 3 is 2.52 bits per heavy atom. The van der Waals surface area contributed by atoms with Crippen molar-refractivity contribution in [3.05, 3.63) is 82.0 Å². The predicted molar refractivity (Wildman–Crippen MR) is 114 cm³/mol. The summed E-state index contributed by atoms with van der Waals surface area (Å²) < 4.78 is 33.3. The highest BCUT2D eigenvalue weighted by molar-refractivity contribution is 7.79. The minimum atomic E-state index is -1.73. The third kappa shape index (κ3) is 5.70. The molecule has 0 amide bonds. The van der Waals surface area contributed by atoms with Gasteiger partial charge in [-0.05, 0) is 66.3 Å². The van der Waals surface area contributed by atoms with E-state index in [-0.39, 0.29) is 5.82 Å². The molecular formula is C22H21FO2S2. The SMILES string of the molecule is Cc1ccc(-c2ccc(F)cc2/C=C/c2ccc(CCCS(=O)O)cc2)s1. The van der Waals surface area contributed by atoms with Gasteiger partial charge in [-0.1, -0.05) is 42.5 Å². The third-order valence-corrected chi connectivity index (χ3v) is 5.91. The van der Waals surface area contributed by atoms with Crippen molar-refractivity contribution in [1.29, 1.82) is 0 Å². The molecule has 0 aliphatic carbocycles. The lowest BCUT2D eigenvalue weighted by atomic mass is 10.0. The molecule has 0 bridgehead atoms. The van der Waals surface area contributed by atoms with E-state index in [1.54, 1.807) is 17.4 Å². The standard InChI is InChI=1S/C22H21FO2S2/c1-16-4-13-22(26-16)21-12-11-20(23)15-19(21)10-9-18-7-5-17(6-8-18)3-2-14-27(24)25/h4-13,15H,2-3,14H2,1H3,(H,24,25)/b10-9+. The van der Waals surface area contributed by atoms with Gasteiger partial charge in [0.05, 0.1) is 0 Å². The first-order chi connectivity index (χ1) is 13.0. The molecule has 2 nitrogen and oxygen atoms in total. The molecule has 140 valence electrons. The van der Waals surface area contributed by atoms with Gasteiger partial charge in [-0.15, -0.1) is 11.3 Å². The molecule has 1 heterocycles. The van der Waals surface area contributed by atoms with Crippen molar-refractivity contribution in [1.82, 2.24) is 0 Å². The normalized spacial score (nSPS) is 12.6. The number of rotatable bonds is 7. The fraction of sp³-hybridized carbons (Fsp3) is 0.182. The van der Waals surface area contributed by atoms with Crippen LogP contribution in [0.15, 0.2) is 54.6 Å². The highest BCUT2D eigenvalue weighted by Gasteiger charge is 2.07. The summed E-state index contributed by atoms with van der Waals surface area (Å²) in [5.41, 5.74) is 4.05. The van der Waals surface area contributed by atoms with Gasteiger partial charge in [0, 0.05) is 15.5 Å². The van der Waals surface area contributed by atoms with Gasteiger partial charge in [-0.25, -0.2) is 8.60 Å². The summed E-state index contributed by atoms with van der Waals surface area (Å²) in [5.74, 6) is 0.0509. The molecule has 3 rings (SSSR count). The van der Waals surface area contributed by atoms with Crippen LogP contribution in [-0.2, 0) is 17.5 Å². The zero-order chi connectivity index (χ0) is 19.2. The van der Waals surface area contributed by atoms with Crippen LogP contribution in [0.25, 0.3) is 22.6 Å². The summed E-state index contributed by atoms with van der Waals surface area (Å²) in [6, 6.07) is 17.1. The quantitative estimate of drug-likeness (QED) is 0.379. The number of benzene rings is 2. The van der Waals surface area contributed by atoms with Crippen molar-refractivity contribution in [2.75, 3.05) is 5.75 Å². The topological polar surface area (TPSA) is 37.3 Å². The lowest BCUT2D eigenvalue weighted by molar-refractivity contribution is 0.561. The van der Waals surface area contributed by atoms with Crippen molar-refractivity contribution >= 4 is 34.6 Å². The van der Waals surface area contributed by atoms with Gasteiger partial charge in [-0.2, -0.15) is 0 Å². The van der Waals surface area contributed by atoms with E-state index >= 15 is 0 Å². The number of hydrogen-bond donors (Lipinski definition) is 1. The van der Waals surface area contributed by atoms with Crippen molar-refractivity contribution in [2.24, 2.45) is 0 Å². The number of hydrogen-bond acceptors (Lipinski definition) is 2. The molecule has 1 unspecified atom stereocenters. The van der Waals surface area contributed by atoms with E-state index in [9.17, 15) is 8.60 Å². The Hall–Kier alpha value is -2.08. The summed E-state index contributed by atoms with van der Waals surface area (Å²) in [6.45, 7) is 2.06. The fourth-order valence-electron chi connectivity index (χ4n) is 2.86.